The van der Waals surface area contributed by atoms with Crippen LogP contribution in [0.15, 0.2) is 36.4 Å². The summed E-state index contributed by atoms with van der Waals surface area (Å²) in [5, 5.41) is 2.82. The van der Waals surface area contributed by atoms with Gasteiger partial charge in [-0.15, -0.1) is 11.3 Å². The van der Waals surface area contributed by atoms with Crippen LogP contribution in [0.5, 0.6) is 0 Å². The van der Waals surface area contributed by atoms with Gasteiger partial charge in [0.2, 0.25) is 0 Å². The second kappa shape index (κ2) is 6.90. The SMILES string of the molecule is COC(=O)c1ccc(C(=O)NCCc2ccc(N)cc2)s1. The molecule has 0 saturated heterocycles. The summed E-state index contributed by atoms with van der Waals surface area (Å²) in [6.07, 6.45) is 0.723. The fraction of sp³-hybridized carbons (Fsp3) is 0.200. The Morgan fingerprint density at radius 1 is 1.14 bits per heavy atom. The standard InChI is InChI=1S/C15H16N2O3S/c1-20-15(19)13-7-6-12(21-13)14(18)17-9-8-10-2-4-11(16)5-3-10/h2-7H,8-9,16H2,1H3,(H,17,18). The molecule has 21 heavy (non-hydrogen) atoms. The number of benzene rings is 1. The monoisotopic (exact) mass is 304 g/mol. The number of thiophene rings is 1. The van der Waals surface area contributed by atoms with E-state index in [4.69, 9.17) is 5.73 Å². The number of esters is 1. The van der Waals surface area contributed by atoms with Gasteiger partial charge in [-0.3, -0.25) is 4.79 Å². The first-order valence-corrected chi connectivity index (χ1v) is 7.22. The Morgan fingerprint density at radius 2 is 1.81 bits per heavy atom. The molecule has 0 aliphatic rings. The number of anilines is 1. The lowest BCUT2D eigenvalue weighted by Gasteiger charge is -2.04. The molecule has 0 atom stereocenters. The average Bonchev–Trinajstić information content (AvgIpc) is 2.98. The lowest BCUT2D eigenvalue weighted by atomic mass is 10.1. The van der Waals surface area contributed by atoms with Crippen molar-refractivity contribution in [2.45, 2.75) is 6.42 Å². The molecule has 0 unspecified atom stereocenters. The van der Waals surface area contributed by atoms with E-state index in [2.05, 4.69) is 10.1 Å². The van der Waals surface area contributed by atoms with Crippen molar-refractivity contribution >= 4 is 28.9 Å². The van der Waals surface area contributed by atoms with E-state index in [-0.39, 0.29) is 5.91 Å². The van der Waals surface area contributed by atoms with Crippen LogP contribution in [0.4, 0.5) is 5.69 Å². The number of carbonyl (C=O) groups excluding carboxylic acids is 2. The number of nitrogens with two attached hydrogens (primary N) is 1. The van der Waals surface area contributed by atoms with Gasteiger partial charge in [0.05, 0.1) is 12.0 Å². The van der Waals surface area contributed by atoms with E-state index >= 15 is 0 Å². The predicted octanol–water partition coefficient (Wildman–Crippen LogP) is 2.09. The third kappa shape index (κ3) is 4.06. The van der Waals surface area contributed by atoms with Crippen molar-refractivity contribution in [3.63, 3.8) is 0 Å². The summed E-state index contributed by atoms with van der Waals surface area (Å²) in [5.74, 6) is -0.619. The normalized spacial score (nSPS) is 10.1. The van der Waals surface area contributed by atoms with Gasteiger partial charge in [-0.25, -0.2) is 4.79 Å². The zero-order valence-electron chi connectivity index (χ0n) is 11.6. The van der Waals surface area contributed by atoms with E-state index in [1.54, 1.807) is 12.1 Å². The first-order valence-electron chi connectivity index (χ1n) is 6.41. The zero-order valence-corrected chi connectivity index (χ0v) is 12.4. The molecule has 0 aliphatic heterocycles. The van der Waals surface area contributed by atoms with Crippen LogP contribution in [-0.2, 0) is 11.2 Å². The summed E-state index contributed by atoms with van der Waals surface area (Å²) >= 11 is 1.12. The number of nitrogen functional groups attached to an aromatic ring is 1. The maximum atomic E-state index is 11.9. The molecule has 0 spiro atoms. The molecule has 2 aromatic rings. The molecule has 0 aliphatic carbocycles. The average molecular weight is 304 g/mol. The number of carbonyl (C=O) groups is 2. The summed E-state index contributed by atoms with van der Waals surface area (Å²) in [6.45, 7) is 0.522. The highest BCUT2D eigenvalue weighted by molar-refractivity contribution is 7.15. The van der Waals surface area contributed by atoms with Crippen molar-refractivity contribution in [3.8, 4) is 0 Å². The van der Waals surface area contributed by atoms with E-state index in [0.29, 0.717) is 16.3 Å². The molecule has 0 bridgehead atoms. The molecule has 2 rings (SSSR count). The number of methoxy groups -OCH3 is 1. The van der Waals surface area contributed by atoms with Crippen LogP contribution in [0.3, 0.4) is 0 Å². The molecule has 1 heterocycles. The number of nitrogens with one attached hydrogen (secondary N) is 1. The molecule has 5 nitrogen and oxygen atoms in total. The molecule has 1 aromatic heterocycles. The summed E-state index contributed by atoms with van der Waals surface area (Å²) in [5.41, 5.74) is 7.43. The van der Waals surface area contributed by atoms with E-state index in [0.717, 1.165) is 29.0 Å². The third-order valence-corrected chi connectivity index (χ3v) is 3.96. The molecule has 6 heteroatoms. The lowest BCUT2D eigenvalue weighted by Crippen LogP contribution is -2.24. The largest absolute Gasteiger partial charge is 0.465 e. The van der Waals surface area contributed by atoms with Crippen LogP contribution >= 0.6 is 11.3 Å². The lowest BCUT2D eigenvalue weighted by molar-refractivity contribution is 0.0606. The summed E-state index contributed by atoms with van der Waals surface area (Å²) in [6, 6.07) is 10.7. The maximum Gasteiger partial charge on any atom is 0.348 e. The molecule has 1 amide bonds. The Hall–Kier alpha value is -2.34. The predicted molar refractivity (Wildman–Crippen MR) is 82.6 cm³/mol. The highest BCUT2D eigenvalue weighted by atomic mass is 32.1. The minimum absolute atomic E-state index is 0.189. The van der Waals surface area contributed by atoms with E-state index in [1.165, 1.54) is 7.11 Å². The summed E-state index contributed by atoms with van der Waals surface area (Å²) in [7, 11) is 1.31. The van der Waals surface area contributed by atoms with E-state index in [9.17, 15) is 9.59 Å². The number of rotatable bonds is 5. The van der Waals surface area contributed by atoms with E-state index in [1.807, 2.05) is 24.3 Å². The van der Waals surface area contributed by atoms with Crippen molar-refractivity contribution in [3.05, 3.63) is 51.7 Å². The molecule has 0 saturated carbocycles. The van der Waals surface area contributed by atoms with Crippen molar-refractivity contribution in [1.82, 2.24) is 5.32 Å². The highest BCUT2D eigenvalue weighted by Gasteiger charge is 2.13. The van der Waals surface area contributed by atoms with Crippen LogP contribution in [0.25, 0.3) is 0 Å². The van der Waals surface area contributed by atoms with Crippen LogP contribution in [0.2, 0.25) is 0 Å². The molecule has 3 N–H and O–H groups in total. The fourth-order valence-corrected chi connectivity index (χ4v) is 2.60. The molecular weight excluding hydrogens is 288 g/mol. The smallest absolute Gasteiger partial charge is 0.348 e. The number of ether oxygens (including phenoxy) is 1. The van der Waals surface area contributed by atoms with Crippen molar-refractivity contribution < 1.29 is 14.3 Å². The van der Waals surface area contributed by atoms with Crippen molar-refractivity contribution in [2.24, 2.45) is 0 Å². The quantitative estimate of drug-likeness (QED) is 0.654. The van der Waals surface area contributed by atoms with Gasteiger partial charge in [0.25, 0.3) is 5.91 Å². The number of hydrogen-bond donors (Lipinski definition) is 2. The van der Waals surface area contributed by atoms with Gasteiger partial charge in [-0.1, -0.05) is 12.1 Å². The zero-order chi connectivity index (χ0) is 15.2. The first-order chi connectivity index (χ1) is 10.1. The van der Waals surface area contributed by atoms with Crippen LogP contribution in [0.1, 0.15) is 24.9 Å². The van der Waals surface area contributed by atoms with Gasteiger partial charge >= 0.3 is 5.97 Å². The van der Waals surface area contributed by atoms with Gasteiger partial charge in [0.15, 0.2) is 0 Å². The molecular formula is C15H16N2O3S. The van der Waals surface area contributed by atoms with Gasteiger partial charge in [0, 0.05) is 12.2 Å². The minimum Gasteiger partial charge on any atom is -0.465 e. The van der Waals surface area contributed by atoms with Crippen LogP contribution in [-0.4, -0.2) is 25.5 Å². The Labute approximate surface area is 126 Å². The van der Waals surface area contributed by atoms with Crippen LogP contribution < -0.4 is 11.1 Å². The van der Waals surface area contributed by atoms with Crippen molar-refractivity contribution in [2.75, 3.05) is 19.4 Å². The third-order valence-electron chi connectivity index (χ3n) is 2.90. The Kier molecular flexibility index (Phi) is 4.94. The minimum atomic E-state index is -0.430. The second-order valence-electron chi connectivity index (χ2n) is 4.40. The Bertz CT molecular complexity index is 635. The molecule has 0 fully saturated rings. The van der Waals surface area contributed by atoms with Gasteiger partial charge in [-0.2, -0.15) is 0 Å². The van der Waals surface area contributed by atoms with Gasteiger partial charge < -0.3 is 15.8 Å². The molecule has 110 valence electrons. The molecule has 1 aromatic carbocycles. The highest BCUT2D eigenvalue weighted by Crippen LogP contribution is 2.17. The summed E-state index contributed by atoms with van der Waals surface area (Å²) in [4.78, 5) is 24.2. The number of amides is 1. The van der Waals surface area contributed by atoms with Gasteiger partial charge in [0.1, 0.15) is 4.88 Å². The van der Waals surface area contributed by atoms with Crippen molar-refractivity contribution in [1.29, 1.82) is 0 Å². The van der Waals surface area contributed by atoms with Gasteiger partial charge in [-0.05, 0) is 36.2 Å². The van der Waals surface area contributed by atoms with E-state index < -0.39 is 5.97 Å². The Balaban J connectivity index is 1.85. The second-order valence-corrected chi connectivity index (χ2v) is 5.49. The molecule has 0 radical (unpaired) electrons. The maximum absolute atomic E-state index is 11.9. The Morgan fingerprint density at radius 3 is 2.48 bits per heavy atom. The first kappa shape index (κ1) is 15.1. The fourth-order valence-electron chi connectivity index (χ4n) is 1.76. The van der Waals surface area contributed by atoms with Crippen LogP contribution in [0, 0.1) is 0 Å². The summed E-state index contributed by atoms with van der Waals surface area (Å²) < 4.78 is 4.61. The topological polar surface area (TPSA) is 81.4 Å². The number of hydrogen-bond acceptors (Lipinski definition) is 5.